The lowest BCUT2D eigenvalue weighted by molar-refractivity contribution is -0.114. The van der Waals surface area contributed by atoms with Crippen LogP contribution in [0.4, 0.5) is 11.6 Å². The number of carbonyl (C=O) groups is 1. The fourth-order valence-corrected chi connectivity index (χ4v) is 2.41. The molecular weight excluding hydrogens is 298 g/mol. The Morgan fingerprint density at radius 2 is 2.10 bits per heavy atom. The van der Waals surface area contributed by atoms with Gasteiger partial charge in [-0.1, -0.05) is 11.8 Å². The Labute approximate surface area is 129 Å². The van der Waals surface area contributed by atoms with E-state index in [0.717, 1.165) is 31.7 Å². The number of halogens is 1. The largest absolute Gasteiger partial charge is 0.356 e. The number of nitrogens with zero attached hydrogens (tertiary/aromatic N) is 3. The van der Waals surface area contributed by atoms with Gasteiger partial charge in [0.15, 0.2) is 5.16 Å². The molecule has 0 saturated carbocycles. The molecule has 20 heavy (non-hydrogen) atoms. The third-order valence-electron chi connectivity index (χ3n) is 3.04. The zero-order valence-electron chi connectivity index (χ0n) is 11.6. The topological polar surface area (TPSA) is 84.1 Å². The monoisotopic (exact) mass is 317 g/mol. The molecule has 6 nitrogen and oxygen atoms in total. The summed E-state index contributed by atoms with van der Waals surface area (Å²) < 4.78 is 0. The lowest BCUT2D eigenvalue weighted by Gasteiger charge is -2.31. The zero-order chi connectivity index (χ0) is 13.8. The third-order valence-corrected chi connectivity index (χ3v) is 3.59. The second-order valence-electron chi connectivity index (χ2n) is 4.60. The first-order chi connectivity index (χ1) is 9.08. The van der Waals surface area contributed by atoms with Gasteiger partial charge in [0.1, 0.15) is 11.6 Å². The van der Waals surface area contributed by atoms with Crippen molar-refractivity contribution in [3.63, 3.8) is 0 Å². The highest BCUT2D eigenvalue weighted by molar-refractivity contribution is 7.98. The number of nitrogens with one attached hydrogen (secondary N) is 1. The molecule has 0 unspecified atom stereocenters. The highest BCUT2D eigenvalue weighted by atomic mass is 35.5. The molecule has 1 saturated heterocycles. The van der Waals surface area contributed by atoms with Gasteiger partial charge in [-0.25, -0.2) is 9.97 Å². The van der Waals surface area contributed by atoms with Crippen LogP contribution in [-0.2, 0) is 4.79 Å². The summed E-state index contributed by atoms with van der Waals surface area (Å²) in [6, 6.07) is 2.10. The van der Waals surface area contributed by atoms with Crippen LogP contribution in [0.2, 0.25) is 0 Å². The van der Waals surface area contributed by atoms with Crippen molar-refractivity contribution in [2.24, 2.45) is 5.73 Å². The van der Waals surface area contributed by atoms with Gasteiger partial charge in [0.05, 0.1) is 0 Å². The summed E-state index contributed by atoms with van der Waals surface area (Å²) in [4.78, 5) is 22.1. The van der Waals surface area contributed by atoms with Crippen molar-refractivity contribution in [1.82, 2.24) is 9.97 Å². The summed E-state index contributed by atoms with van der Waals surface area (Å²) in [6.45, 7) is 3.26. The normalized spacial score (nSPS) is 15.7. The molecule has 1 aliphatic heterocycles. The molecule has 0 atom stereocenters. The van der Waals surface area contributed by atoms with Crippen molar-refractivity contribution in [2.45, 2.75) is 31.0 Å². The lowest BCUT2D eigenvalue weighted by Crippen LogP contribution is -2.40. The lowest BCUT2D eigenvalue weighted by atomic mass is 10.1. The van der Waals surface area contributed by atoms with Gasteiger partial charge in [-0.15, -0.1) is 12.4 Å². The fourth-order valence-electron chi connectivity index (χ4n) is 2.04. The Hall–Kier alpha value is -1.05. The molecule has 3 N–H and O–H groups in total. The first-order valence-corrected chi connectivity index (χ1v) is 7.52. The van der Waals surface area contributed by atoms with E-state index in [0.29, 0.717) is 11.0 Å². The number of nitrogens with two attached hydrogens (primary N) is 1. The van der Waals surface area contributed by atoms with Crippen molar-refractivity contribution in [1.29, 1.82) is 0 Å². The minimum Gasteiger partial charge on any atom is -0.356 e. The highest BCUT2D eigenvalue weighted by Gasteiger charge is 2.18. The van der Waals surface area contributed by atoms with E-state index >= 15 is 0 Å². The fraction of sp³-hybridized carbons (Fsp3) is 0.583. The molecule has 1 amide bonds. The van der Waals surface area contributed by atoms with E-state index in [-0.39, 0.29) is 24.4 Å². The molecule has 1 aromatic heterocycles. The minimum atomic E-state index is -0.127. The van der Waals surface area contributed by atoms with Gasteiger partial charge in [0.25, 0.3) is 0 Å². The minimum absolute atomic E-state index is 0. The van der Waals surface area contributed by atoms with Crippen molar-refractivity contribution in [3.8, 4) is 0 Å². The molecule has 0 spiro atoms. The van der Waals surface area contributed by atoms with Gasteiger partial charge in [-0.05, 0) is 19.1 Å². The molecule has 2 rings (SSSR count). The van der Waals surface area contributed by atoms with Crippen LogP contribution in [0.1, 0.15) is 19.8 Å². The SMILES string of the molecule is CSc1nc(NC(C)=O)cc(N2CCC(N)CC2)n1.Cl. The van der Waals surface area contributed by atoms with Gasteiger partial charge >= 0.3 is 0 Å². The second kappa shape index (κ2) is 7.66. The predicted octanol–water partition coefficient (Wildman–Crippen LogP) is 1.51. The first kappa shape index (κ1) is 17.0. The molecule has 112 valence electrons. The number of hydrogen-bond donors (Lipinski definition) is 2. The second-order valence-corrected chi connectivity index (χ2v) is 5.38. The van der Waals surface area contributed by atoms with Crippen LogP contribution in [-0.4, -0.2) is 41.3 Å². The number of amides is 1. The van der Waals surface area contributed by atoms with Gasteiger partial charge in [-0.3, -0.25) is 4.79 Å². The van der Waals surface area contributed by atoms with Crippen LogP contribution in [0.5, 0.6) is 0 Å². The number of aromatic nitrogens is 2. The third kappa shape index (κ3) is 4.50. The maximum atomic E-state index is 11.1. The maximum Gasteiger partial charge on any atom is 0.222 e. The summed E-state index contributed by atoms with van der Waals surface area (Å²) in [5, 5.41) is 3.38. The highest BCUT2D eigenvalue weighted by Crippen LogP contribution is 2.23. The van der Waals surface area contributed by atoms with Crippen LogP contribution in [0, 0.1) is 0 Å². The molecule has 0 aromatic carbocycles. The van der Waals surface area contributed by atoms with Gasteiger partial charge in [0, 0.05) is 32.1 Å². The number of rotatable bonds is 3. The van der Waals surface area contributed by atoms with E-state index < -0.39 is 0 Å². The quantitative estimate of drug-likeness (QED) is 0.649. The van der Waals surface area contributed by atoms with Crippen LogP contribution in [0.25, 0.3) is 0 Å². The number of carbonyl (C=O) groups excluding carboxylic acids is 1. The van der Waals surface area contributed by atoms with E-state index in [4.69, 9.17) is 5.73 Å². The molecule has 1 fully saturated rings. The Kier molecular flexibility index (Phi) is 6.51. The average Bonchev–Trinajstić information content (AvgIpc) is 2.38. The summed E-state index contributed by atoms with van der Waals surface area (Å²) in [6.07, 6.45) is 3.85. The summed E-state index contributed by atoms with van der Waals surface area (Å²) in [5.74, 6) is 1.28. The molecule has 1 aromatic rings. The number of thioether (sulfide) groups is 1. The predicted molar refractivity (Wildman–Crippen MR) is 84.8 cm³/mol. The summed E-state index contributed by atoms with van der Waals surface area (Å²) >= 11 is 1.46. The van der Waals surface area contributed by atoms with Gasteiger partial charge in [-0.2, -0.15) is 0 Å². The van der Waals surface area contributed by atoms with Crippen molar-refractivity contribution in [3.05, 3.63) is 6.07 Å². The van der Waals surface area contributed by atoms with Crippen LogP contribution >= 0.6 is 24.2 Å². The maximum absolute atomic E-state index is 11.1. The summed E-state index contributed by atoms with van der Waals surface area (Å²) in [7, 11) is 0. The van der Waals surface area contributed by atoms with E-state index in [1.54, 1.807) is 0 Å². The molecular formula is C12H20ClN5OS. The van der Waals surface area contributed by atoms with Crippen LogP contribution in [0.15, 0.2) is 11.2 Å². The van der Waals surface area contributed by atoms with E-state index in [9.17, 15) is 4.79 Å². The standard InChI is InChI=1S/C12H19N5OS.ClH/c1-8(18)14-10-7-11(16-12(15-10)19-2)17-5-3-9(13)4-6-17;/h7,9H,3-6,13H2,1-2H3,(H,14,15,16,18);1H. The Morgan fingerprint density at radius 3 is 2.65 bits per heavy atom. The van der Waals surface area contributed by atoms with Gasteiger partial charge < -0.3 is 16.0 Å². The summed E-state index contributed by atoms with van der Waals surface area (Å²) in [5.41, 5.74) is 5.91. The van der Waals surface area contributed by atoms with Crippen LogP contribution in [0.3, 0.4) is 0 Å². The number of anilines is 2. The Morgan fingerprint density at radius 1 is 1.45 bits per heavy atom. The molecule has 2 heterocycles. The van der Waals surface area contributed by atoms with E-state index in [2.05, 4.69) is 20.2 Å². The van der Waals surface area contributed by atoms with Crippen molar-refractivity contribution < 1.29 is 4.79 Å². The Balaban J connectivity index is 0.00000200. The smallest absolute Gasteiger partial charge is 0.222 e. The Bertz CT molecular complexity index is 465. The molecule has 8 heteroatoms. The van der Waals surface area contributed by atoms with Crippen molar-refractivity contribution >= 4 is 41.7 Å². The van der Waals surface area contributed by atoms with E-state index in [1.165, 1.54) is 18.7 Å². The zero-order valence-corrected chi connectivity index (χ0v) is 13.3. The van der Waals surface area contributed by atoms with E-state index in [1.807, 2.05) is 12.3 Å². The molecule has 0 aliphatic carbocycles. The average molecular weight is 318 g/mol. The number of hydrogen-bond acceptors (Lipinski definition) is 6. The molecule has 0 radical (unpaired) electrons. The molecule has 0 bridgehead atoms. The van der Waals surface area contributed by atoms with Gasteiger partial charge in [0.2, 0.25) is 5.91 Å². The van der Waals surface area contributed by atoms with Crippen molar-refractivity contribution in [2.75, 3.05) is 29.6 Å². The first-order valence-electron chi connectivity index (χ1n) is 6.29. The molecule has 1 aliphatic rings. The van der Waals surface area contributed by atoms with Crippen LogP contribution < -0.4 is 16.0 Å². The number of piperidine rings is 1.